The molecule has 0 aliphatic carbocycles. The van der Waals surface area contributed by atoms with Crippen molar-refractivity contribution in [2.75, 3.05) is 18.6 Å². The van der Waals surface area contributed by atoms with Crippen LogP contribution in [0.1, 0.15) is 37.5 Å². The van der Waals surface area contributed by atoms with Gasteiger partial charge in [-0.05, 0) is 67.6 Å². The lowest BCUT2D eigenvalue weighted by Gasteiger charge is -2.15. The second-order valence-electron chi connectivity index (χ2n) is 6.64. The lowest BCUT2D eigenvalue weighted by molar-refractivity contribution is 0.248. The zero-order valence-corrected chi connectivity index (χ0v) is 16.9. The number of hydrazone groups is 1. The molecule has 5 heteroatoms. The number of aryl methyl sites for hydroxylation is 2. The Morgan fingerprint density at radius 1 is 1.12 bits per heavy atom. The first kappa shape index (κ1) is 20.1. The molecule has 0 atom stereocenters. The molecule has 0 aliphatic rings. The summed E-state index contributed by atoms with van der Waals surface area (Å²) in [5, 5.41) is 4.82. The predicted molar refractivity (Wildman–Crippen MR) is 110 cm³/mol. The largest absolute Gasteiger partial charge is 0.490 e. The molecule has 0 radical (unpaired) electrons. The monoisotopic (exact) mass is 374 g/mol. The van der Waals surface area contributed by atoms with Gasteiger partial charge >= 0.3 is 0 Å². The molecule has 0 aliphatic heterocycles. The summed E-state index contributed by atoms with van der Waals surface area (Å²) in [5.41, 5.74) is 7.30. The van der Waals surface area contributed by atoms with Crippen molar-refractivity contribution in [1.29, 1.82) is 0 Å². The number of nitrogens with one attached hydrogen (secondary N) is 1. The van der Waals surface area contributed by atoms with Crippen LogP contribution < -0.4 is 14.9 Å². The van der Waals surface area contributed by atoms with Gasteiger partial charge in [0.1, 0.15) is 0 Å². The van der Waals surface area contributed by atoms with Crippen molar-refractivity contribution in [3.05, 3.63) is 52.0 Å². The molecule has 2 rings (SSSR count). The predicted octanol–water partition coefficient (Wildman–Crippen LogP) is 5.84. The summed E-state index contributed by atoms with van der Waals surface area (Å²) in [6.07, 6.45) is 1.72. The smallest absolute Gasteiger partial charge is 0.179 e. The van der Waals surface area contributed by atoms with Gasteiger partial charge in [0.15, 0.2) is 11.5 Å². The Morgan fingerprint density at radius 3 is 2.54 bits per heavy atom. The fourth-order valence-electron chi connectivity index (χ4n) is 2.31. The third-order valence-electron chi connectivity index (χ3n) is 3.81. The lowest BCUT2D eigenvalue weighted by atomic mass is 10.1. The van der Waals surface area contributed by atoms with Crippen LogP contribution in [-0.4, -0.2) is 19.4 Å². The van der Waals surface area contributed by atoms with Crippen LogP contribution >= 0.6 is 11.6 Å². The molecule has 0 spiro atoms. The molecular formula is C21H27ClN2O2. The number of hydrogen-bond acceptors (Lipinski definition) is 4. The molecule has 140 valence electrons. The van der Waals surface area contributed by atoms with E-state index in [1.54, 1.807) is 6.21 Å². The van der Waals surface area contributed by atoms with Crippen molar-refractivity contribution in [1.82, 2.24) is 0 Å². The van der Waals surface area contributed by atoms with E-state index >= 15 is 0 Å². The number of benzene rings is 2. The van der Waals surface area contributed by atoms with E-state index in [4.69, 9.17) is 21.1 Å². The van der Waals surface area contributed by atoms with E-state index < -0.39 is 0 Å². The van der Waals surface area contributed by atoms with Crippen LogP contribution in [0.5, 0.6) is 11.5 Å². The Labute approximate surface area is 161 Å². The zero-order chi connectivity index (χ0) is 19.1. The topological polar surface area (TPSA) is 42.8 Å². The number of nitrogens with zero attached hydrogens (tertiary/aromatic N) is 1. The molecule has 0 aromatic heterocycles. The van der Waals surface area contributed by atoms with Crippen molar-refractivity contribution in [3.63, 3.8) is 0 Å². The van der Waals surface area contributed by atoms with Crippen LogP contribution in [0.4, 0.5) is 5.69 Å². The third kappa shape index (κ3) is 5.67. The minimum Gasteiger partial charge on any atom is -0.490 e. The minimum absolute atomic E-state index is 0.406. The number of ether oxygens (including phenoxy) is 2. The molecule has 0 saturated heterocycles. The highest BCUT2D eigenvalue weighted by Crippen LogP contribution is 2.36. The SMILES string of the molecule is CCOc1cc(/C=N/Nc2ccc(C)c(C)c2)cc(Cl)c1OCC(C)C. The Hall–Kier alpha value is -2.20. The van der Waals surface area contributed by atoms with Crippen LogP contribution in [0.2, 0.25) is 5.02 Å². The van der Waals surface area contributed by atoms with Gasteiger partial charge in [-0.2, -0.15) is 5.10 Å². The van der Waals surface area contributed by atoms with E-state index in [9.17, 15) is 0 Å². The summed E-state index contributed by atoms with van der Waals surface area (Å²) in [6, 6.07) is 9.84. The molecule has 0 saturated carbocycles. The molecule has 0 unspecified atom stereocenters. The highest BCUT2D eigenvalue weighted by atomic mass is 35.5. The second kappa shape index (κ2) is 9.48. The summed E-state index contributed by atoms with van der Waals surface area (Å²) in [7, 11) is 0. The van der Waals surface area contributed by atoms with E-state index in [1.807, 2.05) is 25.1 Å². The molecule has 0 amide bonds. The molecule has 0 bridgehead atoms. The number of anilines is 1. The summed E-state index contributed by atoms with van der Waals surface area (Å²) >= 11 is 6.40. The summed E-state index contributed by atoms with van der Waals surface area (Å²) in [5.74, 6) is 1.62. The van der Waals surface area contributed by atoms with Crippen molar-refractivity contribution in [2.24, 2.45) is 11.0 Å². The first-order valence-electron chi connectivity index (χ1n) is 8.86. The Kier molecular flexibility index (Phi) is 7.34. The van der Waals surface area contributed by atoms with E-state index in [0.717, 1.165) is 11.3 Å². The molecule has 2 aromatic rings. The van der Waals surface area contributed by atoms with Crippen LogP contribution in [0.15, 0.2) is 35.4 Å². The van der Waals surface area contributed by atoms with Gasteiger partial charge in [-0.1, -0.05) is 31.5 Å². The quantitative estimate of drug-likeness (QED) is 0.466. The molecule has 0 heterocycles. The van der Waals surface area contributed by atoms with Crippen LogP contribution in [-0.2, 0) is 0 Å². The third-order valence-corrected chi connectivity index (χ3v) is 4.09. The Balaban J connectivity index is 2.16. The van der Waals surface area contributed by atoms with Gasteiger partial charge in [0, 0.05) is 0 Å². The highest BCUT2D eigenvalue weighted by Gasteiger charge is 2.12. The van der Waals surface area contributed by atoms with Crippen LogP contribution in [0.25, 0.3) is 0 Å². The molecule has 4 nitrogen and oxygen atoms in total. The molecule has 0 fully saturated rings. The van der Waals surface area contributed by atoms with E-state index in [-0.39, 0.29) is 0 Å². The maximum atomic E-state index is 6.40. The van der Waals surface area contributed by atoms with Gasteiger partial charge in [0.05, 0.1) is 30.1 Å². The van der Waals surface area contributed by atoms with Crippen LogP contribution in [0.3, 0.4) is 0 Å². The normalized spacial score (nSPS) is 11.2. The van der Waals surface area contributed by atoms with Gasteiger partial charge in [0.25, 0.3) is 0 Å². The maximum absolute atomic E-state index is 6.40. The first-order valence-corrected chi connectivity index (χ1v) is 9.24. The molecule has 26 heavy (non-hydrogen) atoms. The summed E-state index contributed by atoms with van der Waals surface area (Å²) < 4.78 is 11.5. The fourth-order valence-corrected chi connectivity index (χ4v) is 2.58. The number of rotatable bonds is 8. The number of halogens is 1. The average Bonchev–Trinajstić information content (AvgIpc) is 2.57. The van der Waals surface area contributed by atoms with Crippen molar-refractivity contribution in [3.8, 4) is 11.5 Å². The lowest BCUT2D eigenvalue weighted by Crippen LogP contribution is -2.07. The van der Waals surface area contributed by atoms with Gasteiger partial charge < -0.3 is 9.47 Å². The minimum atomic E-state index is 0.406. The van der Waals surface area contributed by atoms with Crippen molar-refractivity contribution >= 4 is 23.5 Å². The number of hydrogen-bond donors (Lipinski definition) is 1. The summed E-state index contributed by atoms with van der Waals surface area (Å²) in [6.45, 7) is 11.4. The van der Waals surface area contributed by atoms with E-state index in [1.165, 1.54) is 11.1 Å². The molecular weight excluding hydrogens is 348 g/mol. The van der Waals surface area contributed by atoms with Gasteiger partial charge in [-0.3, -0.25) is 5.43 Å². The molecule has 2 aromatic carbocycles. The Bertz CT molecular complexity index is 773. The zero-order valence-electron chi connectivity index (χ0n) is 16.1. The van der Waals surface area contributed by atoms with Gasteiger partial charge in [-0.25, -0.2) is 0 Å². The highest BCUT2D eigenvalue weighted by molar-refractivity contribution is 6.32. The standard InChI is InChI=1S/C21H27ClN2O2/c1-6-25-20-11-17(10-19(22)21(20)26-13-14(2)3)12-23-24-18-8-7-15(4)16(5)9-18/h7-12,14,24H,6,13H2,1-5H3/b23-12+. The van der Waals surface area contributed by atoms with Gasteiger partial charge in [0.2, 0.25) is 0 Å². The first-order chi connectivity index (χ1) is 12.4. The average molecular weight is 375 g/mol. The van der Waals surface area contributed by atoms with E-state index in [0.29, 0.717) is 35.7 Å². The fraction of sp³-hybridized carbons (Fsp3) is 0.381. The Morgan fingerprint density at radius 2 is 1.88 bits per heavy atom. The van der Waals surface area contributed by atoms with Crippen molar-refractivity contribution < 1.29 is 9.47 Å². The van der Waals surface area contributed by atoms with Gasteiger partial charge in [-0.15, -0.1) is 0 Å². The van der Waals surface area contributed by atoms with E-state index in [2.05, 4.69) is 50.4 Å². The molecule has 1 N–H and O–H groups in total. The summed E-state index contributed by atoms with van der Waals surface area (Å²) in [4.78, 5) is 0. The maximum Gasteiger partial charge on any atom is 0.179 e. The van der Waals surface area contributed by atoms with Crippen LogP contribution in [0, 0.1) is 19.8 Å². The second-order valence-corrected chi connectivity index (χ2v) is 7.04. The van der Waals surface area contributed by atoms with Crippen molar-refractivity contribution in [2.45, 2.75) is 34.6 Å².